The highest BCUT2D eigenvalue weighted by Crippen LogP contribution is 2.26. The minimum atomic E-state index is -4.14. The number of rotatable bonds is 9. The van der Waals surface area contributed by atoms with Crippen LogP contribution in [0.4, 0.5) is 5.69 Å². The van der Waals surface area contributed by atoms with E-state index in [9.17, 15) is 28.2 Å². The Morgan fingerprint density at radius 3 is 2.12 bits per heavy atom. The zero-order chi connectivity index (χ0) is 24.1. The Bertz CT molecular complexity index is 1230. The molecule has 0 fully saturated rings. The first kappa shape index (κ1) is 24.8. The highest BCUT2D eigenvalue weighted by molar-refractivity contribution is 7.99. The summed E-state index contributed by atoms with van der Waals surface area (Å²) in [7, 11) is -4.14. The summed E-state index contributed by atoms with van der Waals surface area (Å²) in [5.74, 6) is -3.37. The fourth-order valence-electron chi connectivity index (χ4n) is 2.83. The summed E-state index contributed by atoms with van der Waals surface area (Å²) < 4.78 is 25.6. The molecule has 33 heavy (non-hydrogen) atoms. The van der Waals surface area contributed by atoms with E-state index in [4.69, 9.17) is 11.6 Å². The molecule has 0 saturated carbocycles. The van der Waals surface area contributed by atoms with Crippen LogP contribution in [0.2, 0.25) is 5.02 Å². The number of carboxylic acid groups (broad SMARTS) is 1. The van der Waals surface area contributed by atoms with Crippen molar-refractivity contribution in [1.82, 2.24) is 0 Å². The standard InChI is InChI=1S/C23H20ClNO6S2/c24-17-8-6-16(7-9-17)21(26)25-18-10-12-20(13-11-18)33(30,31)15-23(29,22(27)28)14-32-19-4-2-1-3-5-19/h1-13,29H,14-15H2,(H,25,26)(H,27,28)/t23-/m1/s1. The van der Waals surface area contributed by atoms with Crippen LogP contribution in [-0.4, -0.2) is 47.6 Å². The molecule has 1 amide bonds. The van der Waals surface area contributed by atoms with Gasteiger partial charge in [0.1, 0.15) is 0 Å². The third-order valence-corrected chi connectivity index (χ3v) is 7.95. The molecule has 3 rings (SSSR count). The number of anilines is 1. The minimum Gasteiger partial charge on any atom is -0.479 e. The molecule has 3 aromatic rings. The van der Waals surface area contributed by atoms with Crippen LogP contribution in [0.3, 0.4) is 0 Å². The molecule has 3 N–H and O–H groups in total. The van der Waals surface area contributed by atoms with E-state index in [1.54, 1.807) is 54.6 Å². The lowest BCUT2D eigenvalue weighted by Gasteiger charge is -2.23. The maximum Gasteiger partial charge on any atom is 0.337 e. The Morgan fingerprint density at radius 2 is 1.55 bits per heavy atom. The lowest BCUT2D eigenvalue weighted by molar-refractivity contribution is -0.153. The highest BCUT2D eigenvalue weighted by Gasteiger charge is 2.41. The van der Waals surface area contributed by atoms with Crippen LogP contribution >= 0.6 is 23.4 Å². The lowest BCUT2D eigenvalue weighted by atomic mass is 10.1. The number of hydrogen-bond acceptors (Lipinski definition) is 6. The predicted octanol–water partition coefficient (Wildman–Crippen LogP) is 3.97. The van der Waals surface area contributed by atoms with Crippen molar-refractivity contribution in [2.45, 2.75) is 15.4 Å². The van der Waals surface area contributed by atoms with Gasteiger partial charge in [0.2, 0.25) is 0 Å². The summed E-state index contributed by atoms with van der Waals surface area (Å²) in [5, 5.41) is 23.2. The summed E-state index contributed by atoms with van der Waals surface area (Å²) >= 11 is 6.86. The first-order chi connectivity index (χ1) is 15.6. The van der Waals surface area contributed by atoms with Crippen LogP contribution in [-0.2, 0) is 14.6 Å². The van der Waals surface area contributed by atoms with Gasteiger partial charge in [-0.2, -0.15) is 0 Å². The number of carbonyl (C=O) groups excluding carboxylic acids is 1. The summed E-state index contributed by atoms with van der Waals surface area (Å²) in [6, 6.07) is 20.3. The Balaban J connectivity index is 1.71. The Labute approximate surface area is 200 Å². The molecule has 10 heteroatoms. The van der Waals surface area contributed by atoms with Crippen molar-refractivity contribution in [2.24, 2.45) is 0 Å². The number of carboxylic acids is 1. The number of aliphatic hydroxyl groups is 1. The van der Waals surface area contributed by atoms with Crippen LogP contribution in [0.1, 0.15) is 10.4 Å². The summed E-state index contributed by atoms with van der Waals surface area (Å²) in [5.41, 5.74) is -1.76. The number of carbonyl (C=O) groups is 2. The van der Waals surface area contributed by atoms with Crippen LogP contribution in [0, 0.1) is 0 Å². The number of sulfone groups is 1. The van der Waals surface area contributed by atoms with Crippen molar-refractivity contribution in [3.8, 4) is 0 Å². The third-order valence-electron chi connectivity index (χ3n) is 4.63. The number of hydrogen-bond donors (Lipinski definition) is 3. The molecule has 7 nitrogen and oxygen atoms in total. The van der Waals surface area contributed by atoms with Crippen molar-refractivity contribution in [3.63, 3.8) is 0 Å². The average molecular weight is 506 g/mol. The van der Waals surface area contributed by atoms with Crippen molar-refractivity contribution < 1.29 is 28.2 Å². The molecule has 0 aliphatic carbocycles. The molecule has 0 aliphatic rings. The smallest absolute Gasteiger partial charge is 0.337 e. The SMILES string of the molecule is O=C(Nc1ccc(S(=O)(=O)C[C@](O)(CSc2ccccc2)C(=O)O)cc1)c1ccc(Cl)cc1. The van der Waals surface area contributed by atoms with E-state index >= 15 is 0 Å². The molecule has 0 radical (unpaired) electrons. The van der Waals surface area contributed by atoms with Crippen molar-refractivity contribution in [3.05, 3.63) is 89.4 Å². The van der Waals surface area contributed by atoms with Crippen molar-refractivity contribution in [2.75, 3.05) is 16.8 Å². The highest BCUT2D eigenvalue weighted by atomic mass is 35.5. The first-order valence-electron chi connectivity index (χ1n) is 9.62. The van der Waals surface area contributed by atoms with E-state index in [1.807, 2.05) is 0 Å². The molecule has 3 aromatic carbocycles. The van der Waals surface area contributed by atoms with Gasteiger partial charge in [-0.05, 0) is 60.7 Å². The van der Waals surface area contributed by atoms with E-state index in [2.05, 4.69) is 5.32 Å². The first-order valence-corrected chi connectivity index (χ1v) is 12.6. The number of benzene rings is 3. The van der Waals surface area contributed by atoms with Gasteiger partial charge >= 0.3 is 5.97 Å². The molecule has 0 bridgehead atoms. The van der Waals surface area contributed by atoms with Crippen LogP contribution in [0.5, 0.6) is 0 Å². The fourth-order valence-corrected chi connectivity index (χ4v) is 5.64. The molecular formula is C23H20ClNO6S2. The molecule has 172 valence electrons. The molecule has 0 unspecified atom stereocenters. The normalized spacial score (nSPS) is 13.2. The van der Waals surface area contributed by atoms with E-state index in [-0.39, 0.29) is 10.6 Å². The average Bonchev–Trinajstić information content (AvgIpc) is 2.79. The summed E-state index contributed by atoms with van der Waals surface area (Å²) in [4.78, 5) is 24.5. The molecule has 0 spiro atoms. The van der Waals surface area contributed by atoms with Crippen molar-refractivity contribution in [1.29, 1.82) is 0 Å². The predicted molar refractivity (Wildman–Crippen MR) is 128 cm³/mol. The monoisotopic (exact) mass is 505 g/mol. The summed E-state index contributed by atoms with van der Waals surface area (Å²) in [6.07, 6.45) is 0. The molecule has 0 saturated heterocycles. The number of amides is 1. The van der Waals surface area contributed by atoms with E-state index in [0.29, 0.717) is 21.2 Å². The van der Waals surface area contributed by atoms with Gasteiger partial charge < -0.3 is 15.5 Å². The second kappa shape index (κ2) is 10.4. The van der Waals surface area contributed by atoms with Crippen LogP contribution < -0.4 is 5.32 Å². The second-order valence-electron chi connectivity index (χ2n) is 7.18. The van der Waals surface area contributed by atoms with Crippen LogP contribution in [0.15, 0.2) is 88.7 Å². The third kappa shape index (κ3) is 6.58. The van der Waals surface area contributed by atoms with E-state index in [1.165, 1.54) is 24.3 Å². The lowest BCUT2D eigenvalue weighted by Crippen LogP contribution is -2.47. The topological polar surface area (TPSA) is 121 Å². The maximum atomic E-state index is 12.8. The van der Waals surface area contributed by atoms with Gasteiger partial charge in [0.25, 0.3) is 5.91 Å². The molecule has 0 aliphatic heterocycles. The number of aliphatic carboxylic acids is 1. The number of nitrogens with one attached hydrogen (secondary N) is 1. The number of thioether (sulfide) groups is 1. The Hall–Kier alpha value is -2.85. The maximum absolute atomic E-state index is 12.8. The van der Waals surface area contributed by atoms with Gasteiger partial charge in [0, 0.05) is 26.9 Å². The van der Waals surface area contributed by atoms with E-state index < -0.39 is 33.1 Å². The van der Waals surface area contributed by atoms with Gasteiger partial charge in [-0.15, -0.1) is 11.8 Å². The van der Waals surface area contributed by atoms with Crippen LogP contribution in [0.25, 0.3) is 0 Å². The van der Waals surface area contributed by atoms with Gasteiger partial charge in [0.05, 0.1) is 10.6 Å². The molecule has 1 atom stereocenters. The zero-order valence-corrected chi connectivity index (χ0v) is 19.5. The van der Waals surface area contributed by atoms with Gasteiger partial charge in [-0.3, -0.25) is 4.79 Å². The van der Waals surface area contributed by atoms with Gasteiger partial charge in [0.15, 0.2) is 15.4 Å². The molecular weight excluding hydrogens is 486 g/mol. The quantitative estimate of drug-likeness (QED) is 0.376. The summed E-state index contributed by atoms with van der Waals surface area (Å²) in [6.45, 7) is 0. The largest absolute Gasteiger partial charge is 0.479 e. The second-order valence-corrected chi connectivity index (χ2v) is 10.7. The molecule has 0 aromatic heterocycles. The van der Waals surface area contributed by atoms with Gasteiger partial charge in [-0.25, -0.2) is 13.2 Å². The van der Waals surface area contributed by atoms with Crippen molar-refractivity contribution >= 4 is 50.8 Å². The Morgan fingerprint density at radius 1 is 0.939 bits per heavy atom. The Kier molecular flexibility index (Phi) is 7.80. The minimum absolute atomic E-state index is 0.170. The van der Waals surface area contributed by atoms with Gasteiger partial charge in [-0.1, -0.05) is 29.8 Å². The zero-order valence-electron chi connectivity index (χ0n) is 17.1. The molecule has 0 heterocycles. The fraction of sp³-hybridized carbons (Fsp3) is 0.130. The van der Waals surface area contributed by atoms with E-state index in [0.717, 1.165) is 11.8 Å². The number of halogens is 1.